The van der Waals surface area contributed by atoms with E-state index in [0.29, 0.717) is 17.9 Å². The van der Waals surface area contributed by atoms with E-state index in [1.165, 1.54) is 11.2 Å². The Labute approximate surface area is 205 Å². The number of benzene rings is 2. The number of aliphatic hydroxyl groups is 1. The summed E-state index contributed by atoms with van der Waals surface area (Å²) in [5.74, 6) is -0.323. The molecule has 6 nitrogen and oxygen atoms in total. The van der Waals surface area contributed by atoms with Crippen molar-refractivity contribution in [3.05, 3.63) is 93.9 Å². The first-order valence-electron chi connectivity index (χ1n) is 11.9. The molecular formula is C29H31NO5. The maximum absolute atomic E-state index is 13.3. The zero-order valence-electron chi connectivity index (χ0n) is 20.8. The van der Waals surface area contributed by atoms with Gasteiger partial charge in [-0.2, -0.15) is 0 Å². The summed E-state index contributed by atoms with van der Waals surface area (Å²) in [6.07, 6.45) is 1.50. The topological polar surface area (TPSA) is 80.0 Å². The molecule has 182 valence electrons. The summed E-state index contributed by atoms with van der Waals surface area (Å²) >= 11 is 0. The molecule has 3 aromatic rings. The van der Waals surface area contributed by atoms with Crippen LogP contribution in [0.25, 0.3) is 5.76 Å². The molecule has 1 N–H and O–H groups in total. The van der Waals surface area contributed by atoms with Crippen LogP contribution in [-0.2, 0) is 16.1 Å². The van der Waals surface area contributed by atoms with Crippen molar-refractivity contribution in [3.63, 3.8) is 0 Å². The Kier molecular flexibility index (Phi) is 6.83. The fourth-order valence-electron chi connectivity index (χ4n) is 4.53. The molecule has 1 aliphatic heterocycles. The fraction of sp³-hybridized carbons (Fsp3) is 0.310. The number of aryl methyl sites for hydroxylation is 2. The van der Waals surface area contributed by atoms with Crippen LogP contribution in [0.3, 0.4) is 0 Å². The Morgan fingerprint density at radius 2 is 1.89 bits per heavy atom. The van der Waals surface area contributed by atoms with Crippen LogP contribution in [-0.4, -0.2) is 28.3 Å². The summed E-state index contributed by atoms with van der Waals surface area (Å²) in [6, 6.07) is 13.9. The summed E-state index contributed by atoms with van der Waals surface area (Å²) in [6.45, 7) is 10.7. The molecule has 0 spiro atoms. The molecule has 6 heteroatoms. The minimum Gasteiger partial charge on any atom is -0.507 e. The molecule has 1 aromatic heterocycles. The lowest BCUT2D eigenvalue weighted by atomic mass is 9.95. The number of aliphatic hydroxyl groups excluding tert-OH is 1. The third-order valence-corrected chi connectivity index (χ3v) is 6.40. The van der Waals surface area contributed by atoms with Gasteiger partial charge in [0.15, 0.2) is 0 Å². The highest BCUT2D eigenvalue weighted by atomic mass is 16.5. The van der Waals surface area contributed by atoms with E-state index in [-0.39, 0.29) is 23.8 Å². The quantitative estimate of drug-likeness (QED) is 0.257. The van der Waals surface area contributed by atoms with E-state index in [4.69, 9.17) is 9.15 Å². The molecule has 2 aromatic carbocycles. The number of hydrogen-bond acceptors (Lipinski definition) is 5. The minimum atomic E-state index is -0.834. The van der Waals surface area contributed by atoms with E-state index >= 15 is 0 Å². The molecule has 1 amide bonds. The van der Waals surface area contributed by atoms with Gasteiger partial charge in [-0.1, -0.05) is 37.6 Å². The minimum absolute atomic E-state index is 0.0223. The Morgan fingerprint density at radius 1 is 1.11 bits per heavy atom. The van der Waals surface area contributed by atoms with E-state index in [0.717, 1.165) is 28.0 Å². The van der Waals surface area contributed by atoms with Gasteiger partial charge < -0.3 is 19.2 Å². The molecule has 1 atom stereocenters. The fourth-order valence-corrected chi connectivity index (χ4v) is 4.53. The average Bonchev–Trinajstić information content (AvgIpc) is 3.44. The van der Waals surface area contributed by atoms with Crippen molar-refractivity contribution in [1.82, 2.24) is 4.90 Å². The van der Waals surface area contributed by atoms with Crippen LogP contribution < -0.4 is 4.74 Å². The largest absolute Gasteiger partial charge is 0.507 e. The summed E-state index contributed by atoms with van der Waals surface area (Å²) < 4.78 is 11.4. The van der Waals surface area contributed by atoms with E-state index < -0.39 is 17.7 Å². The predicted molar refractivity (Wildman–Crippen MR) is 134 cm³/mol. The lowest BCUT2D eigenvalue weighted by molar-refractivity contribution is -0.140. The third-order valence-electron chi connectivity index (χ3n) is 6.40. The number of carbonyl (C=O) groups excluding carboxylic acids is 2. The number of hydrogen-bond donors (Lipinski definition) is 1. The molecule has 1 unspecified atom stereocenters. The van der Waals surface area contributed by atoms with Crippen molar-refractivity contribution in [3.8, 4) is 5.75 Å². The lowest BCUT2D eigenvalue weighted by Gasteiger charge is -2.24. The zero-order chi connectivity index (χ0) is 25.3. The highest BCUT2D eigenvalue weighted by Gasteiger charge is 2.47. The van der Waals surface area contributed by atoms with E-state index in [2.05, 4.69) is 0 Å². The number of ether oxygens (including phenoxy) is 1. The van der Waals surface area contributed by atoms with Crippen LogP contribution in [0.1, 0.15) is 66.3 Å². The molecule has 1 fully saturated rings. The summed E-state index contributed by atoms with van der Waals surface area (Å²) in [4.78, 5) is 28.0. The normalized spacial score (nSPS) is 17.4. The number of ketones is 1. The molecule has 2 heterocycles. The van der Waals surface area contributed by atoms with Crippen LogP contribution >= 0.6 is 0 Å². The van der Waals surface area contributed by atoms with Crippen LogP contribution in [0.15, 0.2) is 64.8 Å². The smallest absolute Gasteiger partial charge is 0.296 e. The van der Waals surface area contributed by atoms with Crippen LogP contribution in [0.5, 0.6) is 5.75 Å². The van der Waals surface area contributed by atoms with Crippen LogP contribution in [0, 0.1) is 13.8 Å². The van der Waals surface area contributed by atoms with Gasteiger partial charge in [-0.25, -0.2) is 0 Å². The number of nitrogens with zero attached hydrogens (tertiary/aromatic N) is 1. The van der Waals surface area contributed by atoms with Gasteiger partial charge in [-0.3, -0.25) is 9.59 Å². The number of rotatable bonds is 7. The second-order valence-electron chi connectivity index (χ2n) is 9.21. The molecule has 0 radical (unpaired) electrons. The molecule has 1 aliphatic rings. The highest BCUT2D eigenvalue weighted by Crippen LogP contribution is 2.41. The second-order valence-corrected chi connectivity index (χ2v) is 9.21. The van der Waals surface area contributed by atoms with Gasteiger partial charge in [0.1, 0.15) is 23.3 Å². The molecule has 4 rings (SSSR count). The number of likely N-dealkylation sites (tertiary alicyclic amines) is 1. The van der Waals surface area contributed by atoms with Gasteiger partial charge in [0, 0.05) is 12.1 Å². The molecule has 0 saturated carbocycles. The standard InChI is InChI=1S/C29H31NO5/c1-6-34-23-12-11-20(15-22(23)17(2)3)27(31)25-26(24-8-7-13-35-24)30(29(33)28(25)32)16-21-14-18(4)9-10-19(21)5/h7-15,17,26,31H,6,16H2,1-5H3/b27-25-. The van der Waals surface area contributed by atoms with E-state index in [1.807, 2.05) is 58.9 Å². The van der Waals surface area contributed by atoms with Crippen molar-refractivity contribution in [1.29, 1.82) is 0 Å². The first-order valence-corrected chi connectivity index (χ1v) is 11.9. The SMILES string of the molecule is CCOc1ccc(/C(O)=C2/C(=O)C(=O)N(Cc3cc(C)ccc3C)C2c2ccco2)cc1C(C)C. The van der Waals surface area contributed by atoms with E-state index in [9.17, 15) is 14.7 Å². The highest BCUT2D eigenvalue weighted by molar-refractivity contribution is 6.46. The average molecular weight is 474 g/mol. The monoisotopic (exact) mass is 473 g/mol. The van der Waals surface area contributed by atoms with Crippen molar-refractivity contribution in [2.75, 3.05) is 6.61 Å². The number of Topliss-reactive ketones (excluding diaryl/α,β-unsaturated/α-hetero) is 1. The van der Waals surface area contributed by atoms with E-state index in [1.54, 1.807) is 24.3 Å². The Hall–Kier alpha value is -3.80. The van der Waals surface area contributed by atoms with Gasteiger partial charge >= 0.3 is 0 Å². The number of carbonyl (C=O) groups is 2. The van der Waals surface area contributed by atoms with Crippen molar-refractivity contribution >= 4 is 17.4 Å². The molecular weight excluding hydrogens is 442 g/mol. The Morgan fingerprint density at radius 3 is 2.54 bits per heavy atom. The number of furan rings is 1. The van der Waals surface area contributed by atoms with Gasteiger partial charge in [-0.05, 0) is 73.7 Å². The zero-order valence-corrected chi connectivity index (χ0v) is 20.8. The maximum Gasteiger partial charge on any atom is 0.296 e. The molecule has 0 bridgehead atoms. The van der Waals surface area contributed by atoms with Crippen molar-refractivity contribution in [2.45, 2.75) is 53.1 Å². The predicted octanol–water partition coefficient (Wildman–Crippen LogP) is 6.04. The third kappa shape index (κ3) is 4.61. The first-order chi connectivity index (χ1) is 16.7. The molecule has 1 saturated heterocycles. The second kappa shape index (κ2) is 9.82. The van der Waals surface area contributed by atoms with Crippen molar-refractivity contribution in [2.24, 2.45) is 0 Å². The number of amides is 1. The van der Waals surface area contributed by atoms with Crippen LogP contribution in [0.2, 0.25) is 0 Å². The van der Waals surface area contributed by atoms with Gasteiger partial charge in [0.25, 0.3) is 11.7 Å². The Balaban J connectivity index is 1.84. The van der Waals surface area contributed by atoms with Gasteiger partial charge in [-0.15, -0.1) is 0 Å². The van der Waals surface area contributed by atoms with Crippen molar-refractivity contribution < 1.29 is 23.8 Å². The summed E-state index contributed by atoms with van der Waals surface area (Å²) in [5.41, 5.74) is 4.41. The maximum atomic E-state index is 13.3. The van der Waals surface area contributed by atoms with Crippen LogP contribution in [0.4, 0.5) is 0 Å². The molecule has 0 aliphatic carbocycles. The van der Waals surface area contributed by atoms with Gasteiger partial charge in [0.2, 0.25) is 0 Å². The first kappa shape index (κ1) is 24.3. The Bertz CT molecular complexity index is 1290. The summed E-state index contributed by atoms with van der Waals surface area (Å²) in [5, 5.41) is 11.4. The summed E-state index contributed by atoms with van der Waals surface area (Å²) in [7, 11) is 0. The van der Waals surface area contributed by atoms with Gasteiger partial charge in [0.05, 0.1) is 18.4 Å². The molecule has 35 heavy (non-hydrogen) atoms. The lowest BCUT2D eigenvalue weighted by Crippen LogP contribution is -2.29.